The molecule has 13 heavy (non-hydrogen) atoms. The van der Waals surface area contributed by atoms with Gasteiger partial charge >= 0.3 is 5.97 Å². The highest BCUT2D eigenvalue weighted by molar-refractivity contribution is 5.99. The number of amides is 1. The molecule has 1 fully saturated rings. The molecule has 0 aromatic carbocycles. The van der Waals surface area contributed by atoms with E-state index in [2.05, 4.69) is 5.32 Å². The van der Waals surface area contributed by atoms with Crippen molar-refractivity contribution in [1.82, 2.24) is 5.32 Å². The molecule has 1 heterocycles. The first-order valence-electron chi connectivity index (χ1n) is 4.51. The van der Waals surface area contributed by atoms with E-state index in [9.17, 15) is 9.59 Å². The number of ether oxygens (including phenoxy) is 1. The van der Waals surface area contributed by atoms with Crippen LogP contribution in [0.4, 0.5) is 0 Å². The molecule has 1 N–H and O–H groups in total. The summed E-state index contributed by atoms with van der Waals surface area (Å²) in [6.45, 7) is 5.42. The highest BCUT2D eigenvalue weighted by Crippen LogP contribution is 2.17. The van der Waals surface area contributed by atoms with Crippen molar-refractivity contribution >= 4 is 11.9 Å². The predicted octanol–water partition coefficient (Wildman–Crippen LogP) is 0.463. The predicted molar refractivity (Wildman–Crippen MR) is 46.9 cm³/mol. The molecule has 2 unspecified atom stereocenters. The van der Waals surface area contributed by atoms with Gasteiger partial charge in [0.15, 0.2) is 0 Å². The number of carbonyl (C=O) groups excluding carboxylic acids is 2. The fourth-order valence-electron chi connectivity index (χ4n) is 1.38. The molecule has 0 saturated carbocycles. The number of nitrogens with one attached hydrogen (secondary N) is 1. The first-order chi connectivity index (χ1) is 6.00. The van der Waals surface area contributed by atoms with Crippen molar-refractivity contribution in [3.63, 3.8) is 0 Å². The maximum absolute atomic E-state index is 11.3. The standard InChI is InChI=1S/C9H15NO3/c1-5(2)13-9(12)7-4-6(3)10-8(7)11/h5-7H,4H2,1-3H3,(H,10,11). The van der Waals surface area contributed by atoms with E-state index < -0.39 is 11.9 Å². The zero-order valence-electron chi connectivity index (χ0n) is 8.16. The molecule has 0 bridgehead atoms. The normalized spacial score (nSPS) is 27.5. The fraction of sp³-hybridized carbons (Fsp3) is 0.778. The van der Waals surface area contributed by atoms with Gasteiger partial charge in [-0.05, 0) is 27.2 Å². The van der Waals surface area contributed by atoms with Gasteiger partial charge in [-0.3, -0.25) is 9.59 Å². The van der Waals surface area contributed by atoms with Crippen LogP contribution in [0.1, 0.15) is 27.2 Å². The topological polar surface area (TPSA) is 55.4 Å². The maximum Gasteiger partial charge on any atom is 0.318 e. The highest BCUT2D eigenvalue weighted by atomic mass is 16.5. The Bertz CT molecular complexity index is 225. The minimum atomic E-state index is -0.600. The van der Waals surface area contributed by atoms with Crippen LogP contribution in [0.2, 0.25) is 0 Å². The van der Waals surface area contributed by atoms with Gasteiger partial charge in [-0.15, -0.1) is 0 Å². The van der Waals surface area contributed by atoms with E-state index in [1.807, 2.05) is 6.92 Å². The Morgan fingerprint density at radius 3 is 2.62 bits per heavy atom. The Morgan fingerprint density at radius 1 is 1.62 bits per heavy atom. The number of esters is 1. The van der Waals surface area contributed by atoms with Crippen LogP contribution < -0.4 is 5.32 Å². The molecule has 1 amide bonds. The molecule has 1 rings (SSSR count). The molecule has 1 aliphatic heterocycles. The molecule has 4 heteroatoms. The zero-order chi connectivity index (χ0) is 10.0. The van der Waals surface area contributed by atoms with E-state index in [0.717, 1.165) is 0 Å². The van der Waals surface area contributed by atoms with Crippen LogP contribution in [0.3, 0.4) is 0 Å². The van der Waals surface area contributed by atoms with Gasteiger partial charge < -0.3 is 10.1 Å². The van der Waals surface area contributed by atoms with E-state index in [1.165, 1.54) is 0 Å². The molecule has 0 aromatic rings. The van der Waals surface area contributed by atoms with Crippen molar-refractivity contribution in [2.45, 2.75) is 39.3 Å². The summed E-state index contributed by atoms with van der Waals surface area (Å²) >= 11 is 0. The van der Waals surface area contributed by atoms with Crippen molar-refractivity contribution in [2.24, 2.45) is 5.92 Å². The third-order valence-electron chi connectivity index (χ3n) is 1.93. The molecule has 0 aliphatic carbocycles. The summed E-state index contributed by atoms with van der Waals surface area (Å²) in [5.41, 5.74) is 0. The van der Waals surface area contributed by atoms with Gasteiger partial charge in [-0.1, -0.05) is 0 Å². The van der Waals surface area contributed by atoms with Crippen molar-refractivity contribution in [2.75, 3.05) is 0 Å². The molecule has 1 saturated heterocycles. The minimum absolute atomic E-state index is 0.0808. The van der Waals surface area contributed by atoms with Gasteiger partial charge in [0.25, 0.3) is 0 Å². The van der Waals surface area contributed by atoms with Crippen LogP contribution in [0.15, 0.2) is 0 Å². The number of rotatable bonds is 2. The first-order valence-corrected chi connectivity index (χ1v) is 4.51. The Kier molecular flexibility index (Phi) is 2.90. The molecule has 2 atom stereocenters. The summed E-state index contributed by atoms with van der Waals surface area (Å²) in [6.07, 6.45) is 0.390. The summed E-state index contributed by atoms with van der Waals surface area (Å²) in [5, 5.41) is 2.68. The van der Waals surface area contributed by atoms with Gasteiger partial charge in [-0.25, -0.2) is 0 Å². The summed E-state index contributed by atoms with van der Waals surface area (Å²) in [7, 11) is 0. The molecule has 0 radical (unpaired) electrons. The van der Waals surface area contributed by atoms with Crippen LogP contribution in [0.25, 0.3) is 0 Å². The smallest absolute Gasteiger partial charge is 0.318 e. The second-order valence-corrected chi connectivity index (χ2v) is 3.68. The summed E-state index contributed by atoms with van der Waals surface area (Å²) in [5.74, 6) is -1.22. The van der Waals surface area contributed by atoms with Crippen LogP contribution in [-0.4, -0.2) is 24.0 Å². The zero-order valence-corrected chi connectivity index (χ0v) is 8.16. The van der Waals surface area contributed by atoms with Crippen LogP contribution in [0.5, 0.6) is 0 Å². The van der Waals surface area contributed by atoms with Crippen LogP contribution in [0, 0.1) is 5.92 Å². The molecular weight excluding hydrogens is 170 g/mol. The van der Waals surface area contributed by atoms with Gasteiger partial charge in [0.05, 0.1) is 6.10 Å². The van der Waals surface area contributed by atoms with Crippen molar-refractivity contribution in [1.29, 1.82) is 0 Å². The van der Waals surface area contributed by atoms with E-state index in [-0.39, 0.29) is 18.1 Å². The van der Waals surface area contributed by atoms with Gasteiger partial charge in [0.2, 0.25) is 5.91 Å². The highest BCUT2D eigenvalue weighted by Gasteiger charge is 2.36. The quantitative estimate of drug-likeness (QED) is 0.502. The van der Waals surface area contributed by atoms with Crippen molar-refractivity contribution in [3.8, 4) is 0 Å². The Balaban J connectivity index is 2.52. The minimum Gasteiger partial charge on any atom is -0.462 e. The summed E-state index contributed by atoms with van der Waals surface area (Å²) in [6, 6.07) is 0.0808. The lowest BCUT2D eigenvalue weighted by Crippen LogP contribution is -2.29. The number of hydrogen-bond donors (Lipinski definition) is 1. The maximum atomic E-state index is 11.3. The second kappa shape index (κ2) is 3.77. The molecule has 74 valence electrons. The molecule has 0 aromatic heterocycles. The Hall–Kier alpha value is -1.06. The lowest BCUT2D eigenvalue weighted by molar-refractivity contribution is -0.154. The van der Waals surface area contributed by atoms with Crippen LogP contribution in [-0.2, 0) is 14.3 Å². The largest absolute Gasteiger partial charge is 0.462 e. The Morgan fingerprint density at radius 2 is 2.23 bits per heavy atom. The second-order valence-electron chi connectivity index (χ2n) is 3.68. The SMILES string of the molecule is CC1CC(C(=O)OC(C)C)C(=O)N1. The van der Waals surface area contributed by atoms with Gasteiger partial charge in [-0.2, -0.15) is 0 Å². The van der Waals surface area contributed by atoms with Crippen molar-refractivity contribution < 1.29 is 14.3 Å². The summed E-state index contributed by atoms with van der Waals surface area (Å²) < 4.78 is 4.95. The van der Waals surface area contributed by atoms with Crippen molar-refractivity contribution in [3.05, 3.63) is 0 Å². The number of carbonyl (C=O) groups is 2. The molecular formula is C9H15NO3. The molecule has 1 aliphatic rings. The van der Waals surface area contributed by atoms with E-state index in [0.29, 0.717) is 6.42 Å². The lowest BCUT2D eigenvalue weighted by atomic mass is 10.1. The fourth-order valence-corrected chi connectivity index (χ4v) is 1.38. The first kappa shape index (κ1) is 10.0. The molecule has 0 spiro atoms. The Labute approximate surface area is 77.6 Å². The van der Waals surface area contributed by atoms with E-state index in [1.54, 1.807) is 13.8 Å². The molecule has 4 nitrogen and oxygen atoms in total. The number of hydrogen-bond acceptors (Lipinski definition) is 3. The van der Waals surface area contributed by atoms with E-state index >= 15 is 0 Å². The average Bonchev–Trinajstić information content (AvgIpc) is 2.28. The average molecular weight is 185 g/mol. The third kappa shape index (κ3) is 2.44. The lowest BCUT2D eigenvalue weighted by Gasteiger charge is -2.10. The van der Waals surface area contributed by atoms with Gasteiger partial charge in [0, 0.05) is 6.04 Å². The summed E-state index contributed by atoms with van der Waals surface area (Å²) in [4.78, 5) is 22.5. The third-order valence-corrected chi connectivity index (χ3v) is 1.93. The monoisotopic (exact) mass is 185 g/mol. The van der Waals surface area contributed by atoms with Gasteiger partial charge in [0.1, 0.15) is 5.92 Å². The van der Waals surface area contributed by atoms with Crippen LogP contribution >= 0.6 is 0 Å². The van der Waals surface area contributed by atoms with E-state index in [4.69, 9.17) is 4.74 Å².